The minimum absolute atomic E-state index is 0. The van der Waals surface area contributed by atoms with E-state index in [1.54, 1.807) is 34.6 Å². The molecule has 14 heavy (non-hydrogen) atoms. The van der Waals surface area contributed by atoms with E-state index < -0.39 is 11.2 Å². The molecule has 0 aliphatic carbocycles. The Kier molecular flexibility index (Phi) is 18.6. The van der Waals surface area contributed by atoms with Gasteiger partial charge >= 0.3 is 0 Å². The summed E-state index contributed by atoms with van der Waals surface area (Å²) in [5.41, 5.74) is -2.01. The molecule has 0 fully saturated rings. The van der Waals surface area contributed by atoms with Crippen molar-refractivity contribution in [1.82, 2.24) is 0 Å². The Morgan fingerprint density at radius 3 is 0.929 bits per heavy atom. The van der Waals surface area contributed by atoms with Gasteiger partial charge in [-0.05, 0) is 34.6 Å². The lowest BCUT2D eigenvalue weighted by molar-refractivity contribution is -0.107. The molecule has 87 valence electrons. The lowest BCUT2D eigenvalue weighted by Gasteiger charge is -2.31. The highest BCUT2D eigenvalue weighted by molar-refractivity contribution is 5.75. The molecule has 3 N–H and O–H groups in total. The molecule has 0 amide bonds. The molecule has 0 spiro atoms. The summed E-state index contributed by atoms with van der Waals surface area (Å²) in [5.74, 6) is 0. The standard InChI is InChI=1S/C6H14O2.C2H6O.C2H6.B/c1-5(2,7)6(3,4)8;1-2-3;1-2;/h7-8H,1-4H3;3H,2H2,1H3;1-2H3;. The molecule has 0 saturated heterocycles. The Morgan fingerprint density at radius 1 is 0.857 bits per heavy atom. The van der Waals surface area contributed by atoms with Gasteiger partial charge in [-0.1, -0.05) is 13.8 Å². The molecular weight excluding hydrogens is 179 g/mol. The summed E-state index contributed by atoms with van der Waals surface area (Å²) in [6.07, 6.45) is 0. The van der Waals surface area contributed by atoms with Crippen LogP contribution < -0.4 is 0 Å². The number of rotatable bonds is 1. The molecule has 0 aromatic rings. The van der Waals surface area contributed by atoms with Crippen LogP contribution in [0.4, 0.5) is 0 Å². The van der Waals surface area contributed by atoms with E-state index >= 15 is 0 Å². The van der Waals surface area contributed by atoms with Gasteiger partial charge in [-0.15, -0.1) is 0 Å². The van der Waals surface area contributed by atoms with Crippen LogP contribution >= 0.6 is 0 Å². The molecule has 3 nitrogen and oxygen atoms in total. The van der Waals surface area contributed by atoms with Gasteiger partial charge in [0.1, 0.15) is 0 Å². The van der Waals surface area contributed by atoms with Gasteiger partial charge in [-0.25, -0.2) is 0 Å². The minimum Gasteiger partial charge on any atom is -0.397 e. The van der Waals surface area contributed by atoms with Gasteiger partial charge in [-0.3, -0.25) is 0 Å². The first-order chi connectivity index (χ1) is 5.66. The molecule has 0 heterocycles. The van der Waals surface area contributed by atoms with E-state index in [1.807, 2.05) is 13.8 Å². The van der Waals surface area contributed by atoms with Gasteiger partial charge in [0.25, 0.3) is 0 Å². The Morgan fingerprint density at radius 2 is 0.929 bits per heavy atom. The van der Waals surface area contributed by atoms with Crippen LogP contribution in [0.5, 0.6) is 0 Å². The van der Waals surface area contributed by atoms with Crippen molar-refractivity contribution in [3.05, 3.63) is 0 Å². The maximum Gasteiger partial charge on any atom is 0.0872 e. The Hall–Kier alpha value is -0.0551. The van der Waals surface area contributed by atoms with Crippen molar-refractivity contribution in [2.24, 2.45) is 0 Å². The largest absolute Gasteiger partial charge is 0.397 e. The zero-order chi connectivity index (χ0) is 11.7. The molecule has 0 aromatic heterocycles. The van der Waals surface area contributed by atoms with Crippen molar-refractivity contribution in [3.63, 3.8) is 0 Å². The normalized spacial score (nSPS) is 9.86. The van der Waals surface area contributed by atoms with E-state index in [4.69, 9.17) is 15.3 Å². The number of aliphatic hydroxyl groups is 3. The van der Waals surface area contributed by atoms with Crippen LogP contribution in [-0.4, -0.2) is 41.5 Å². The SMILES string of the molecule is CC.CC(C)(O)C(C)(C)O.CCO.[B]. The molecule has 0 rings (SSSR count). The molecule has 0 atom stereocenters. The molecular formula is C10H26BO3. The van der Waals surface area contributed by atoms with Gasteiger partial charge in [0.05, 0.1) is 11.2 Å². The second-order valence-electron chi connectivity index (χ2n) is 3.43. The second-order valence-corrected chi connectivity index (χ2v) is 3.43. The number of aliphatic hydroxyl groups excluding tert-OH is 1. The molecule has 0 aliphatic heterocycles. The van der Waals surface area contributed by atoms with E-state index in [2.05, 4.69) is 0 Å². The van der Waals surface area contributed by atoms with Crippen molar-refractivity contribution >= 4 is 8.41 Å². The summed E-state index contributed by atoms with van der Waals surface area (Å²) in [4.78, 5) is 0. The third-order valence-electron chi connectivity index (χ3n) is 1.50. The zero-order valence-electron chi connectivity index (χ0n) is 10.6. The fourth-order valence-electron chi connectivity index (χ4n) is 0. The average Bonchev–Trinajstić information content (AvgIpc) is 1.89. The maximum atomic E-state index is 9.10. The van der Waals surface area contributed by atoms with Gasteiger partial charge in [0, 0.05) is 15.0 Å². The minimum atomic E-state index is -1.01. The van der Waals surface area contributed by atoms with Crippen LogP contribution in [0.25, 0.3) is 0 Å². The van der Waals surface area contributed by atoms with Crippen molar-refractivity contribution in [3.8, 4) is 0 Å². The highest BCUT2D eigenvalue weighted by Crippen LogP contribution is 2.19. The Labute approximate surface area is 90.7 Å². The van der Waals surface area contributed by atoms with Crippen molar-refractivity contribution in [2.75, 3.05) is 6.61 Å². The zero-order valence-corrected chi connectivity index (χ0v) is 10.6. The molecule has 0 bridgehead atoms. The van der Waals surface area contributed by atoms with Crippen LogP contribution in [0.3, 0.4) is 0 Å². The van der Waals surface area contributed by atoms with Crippen LogP contribution in [0.2, 0.25) is 0 Å². The topological polar surface area (TPSA) is 60.7 Å². The molecule has 4 heteroatoms. The predicted molar refractivity (Wildman–Crippen MR) is 62.5 cm³/mol. The van der Waals surface area contributed by atoms with Gasteiger partial charge in [0.2, 0.25) is 0 Å². The van der Waals surface area contributed by atoms with Crippen molar-refractivity contribution in [1.29, 1.82) is 0 Å². The quantitative estimate of drug-likeness (QED) is 0.563. The van der Waals surface area contributed by atoms with Crippen LogP contribution in [0.15, 0.2) is 0 Å². The summed E-state index contributed by atoms with van der Waals surface area (Å²) < 4.78 is 0. The highest BCUT2D eigenvalue weighted by atomic mass is 16.3. The number of hydrogen-bond acceptors (Lipinski definition) is 3. The van der Waals surface area contributed by atoms with E-state index in [9.17, 15) is 0 Å². The van der Waals surface area contributed by atoms with E-state index in [1.165, 1.54) is 0 Å². The van der Waals surface area contributed by atoms with E-state index in [0.717, 1.165) is 0 Å². The van der Waals surface area contributed by atoms with Crippen LogP contribution in [-0.2, 0) is 0 Å². The first kappa shape index (κ1) is 23.6. The first-order valence-corrected chi connectivity index (χ1v) is 4.72. The fraction of sp³-hybridized carbons (Fsp3) is 1.00. The first-order valence-electron chi connectivity index (χ1n) is 4.72. The number of hydrogen-bond donors (Lipinski definition) is 3. The summed E-state index contributed by atoms with van der Waals surface area (Å²) in [5, 5.41) is 25.8. The van der Waals surface area contributed by atoms with Crippen LogP contribution in [0, 0.1) is 0 Å². The average molecular weight is 205 g/mol. The molecule has 0 unspecified atom stereocenters. The maximum absolute atomic E-state index is 9.10. The van der Waals surface area contributed by atoms with Crippen molar-refractivity contribution < 1.29 is 15.3 Å². The molecule has 0 saturated carbocycles. The Bertz CT molecular complexity index is 80.5. The summed E-state index contributed by atoms with van der Waals surface area (Å²) in [6, 6.07) is 0. The smallest absolute Gasteiger partial charge is 0.0872 e. The van der Waals surface area contributed by atoms with Gasteiger partial charge in [-0.2, -0.15) is 0 Å². The van der Waals surface area contributed by atoms with Gasteiger partial charge in [0.15, 0.2) is 0 Å². The van der Waals surface area contributed by atoms with Crippen LogP contribution in [0.1, 0.15) is 48.5 Å². The third kappa shape index (κ3) is 17.9. The summed E-state index contributed by atoms with van der Waals surface area (Å²) >= 11 is 0. The second kappa shape index (κ2) is 11.0. The predicted octanol–water partition coefficient (Wildman–Crippen LogP) is 1.17. The molecule has 3 radical (unpaired) electrons. The lowest BCUT2D eigenvalue weighted by atomic mass is 9.90. The van der Waals surface area contributed by atoms with E-state index in [-0.39, 0.29) is 15.0 Å². The van der Waals surface area contributed by atoms with Gasteiger partial charge < -0.3 is 15.3 Å². The third-order valence-corrected chi connectivity index (χ3v) is 1.50. The molecule has 0 aromatic carbocycles. The highest BCUT2D eigenvalue weighted by Gasteiger charge is 2.31. The fourth-order valence-corrected chi connectivity index (χ4v) is 0. The monoisotopic (exact) mass is 205 g/mol. The molecule has 0 aliphatic rings. The summed E-state index contributed by atoms with van der Waals surface area (Å²) in [7, 11) is 0. The van der Waals surface area contributed by atoms with Crippen molar-refractivity contribution in [2.45, 2.75) is 59.7 Å². The summed E-state index contributed by atoms with van der Waals surface area (Å²) in [6.45, 7) is 12.2. The lowest BCUT2D eigenvalue weighted by Crippen LogP contribution is -2.44. The van der Waals surface area contributed by atoms with E-state index in [0.29, 0.717) is 0 Å². The Balaban J connectivity index is -0.0000000716.